The van der Waals surface area contributed by atoms with Crippen molar-refractivity contribution < 1.29 is 0 Å². The van der Waals surface area contributed by atoms with Gasteiger partial charge in [0.2, 0.25) is 0 Å². The molecule has 0 amide bonds. The van der Waals surface area contributed by atoms with Crippen LogP contribution in [0.1, 0.15) is 25.6 Å². The van der Waals surface area contributed by atoms with Crippen LogP contribution >= 0.6 is 11.8 Å². The van der Waals surface area contributed by atoms with Crippen molar-refractivity contribution in [2.24, 2.45) is 14.1 Å². The van der Waals surface area contributed by atoms with Crippen LogP contribution in [-0.4, -0.2) is 25.4 Å². The molecule has 2 aromatic heterocycles. The Morgan fingerprint density at radius 1 is 1.15 bits per heavy atom. The predicted octanol–water partition coefficient (Wildman–Crippen LogP) is 1.09. The largest absolute Gasteiger partial charge is 0.332 e. The minimum absolute atomic E-state index is 0.338. The number of nitrogens with zero attached hydrogens (tertiary/aromatic N) is 4. The number of aryl methyl sites for hydroxylation is 2. The van der Waals surface area contributed by atoms with E-state index in [1.54, 1.807) is 7.05 Å². The van der Waals surface area contributed by atoms with E-state index in [2.05, 4.69) is 16.9 Å². The Hall–Kier alpha value is -1.63. The first kappa shape index (κ1) is 14.8. The summed E-state index contributed by atoms with van der Waals surface area (Å²) in [6.45, 7) is 2.10. The van der Waals surface area contributed by atoms with Gasteiger partial charge >= 0.3 is 5.69 Å². The minimum atomic E-state index is -0.366. The van der Waals surface area contributed by atoms with Crippen molar-refractivity contribution in [2.45, 2.75) is 31.2 Å². The van der Waals surface area contributed by atoms with Gasteiger partial charge in [-0.2, -0.15) is 0 Å². The van der Waals surface area contributed by atoms with Crippen LogP contribution in [0.4, 0.5) is 0 Å². The molecule has 0 atom stereocenters. The Bertz CT molecular complexity index is 764. The molecular formula is C13H18N4O2S. The lowest BCUT2D eigenvalue weighted by Gasteiger charge is -2.10. The van der Waals surface area contributed by atoms with Gasteiger partial charge in [0, 0.05) is 20.5 Å². The Balaban J connectivity index is 2.85. The zero-order chi connectivity index (χ0) is 14.9. The van der Waals surface area contributed by atoms with Gasteiger partial charge in [0.1, 0.15) is 16.2 Å². The topological polar surface area (TPSA) is 69.8 Å². The van der Waals surface area contributed by atoms with Gasteiger partial charge in [-0.1, -0.05) is 13.3 Å². The van der Waals surface area contributed by atoms with E-state index in [-0.39, 0.29) is 11.2 Å². The van der Waals surface area contributed by atoms with Crippen molar-refractivity contribution in [3.05, 3.63) is 26.7 Å². The SMILES string of the molecule is CCCCc1nc(SC)c2c(=O)n(C)c(=O)n(C)c2n1. The number of unbranched alkanes of at least 4 members (excludes halogenated alkanes) is 1. The molecule has 0 N–H and O–H groups in total. The van der Waals surface area contributed by atoms with Crippen molar-refractivity contribution in [1.82, 2.24) is 19.1 Å². The molecule has 0 aromatic carbocycles. The summed E-state index contributed by atoms with van der Waals surface area (Å²) >= 11 is 1.40. The van der Waals surface area contributed by atoms with Crippen molar-refractivity contribution in [3.63, 3.8) is 0 Å². The number of aromatic nitrogens is 4. The standard InChI is InChI=1S/C13H18N4O2S/c1-5-6-7-8-14-10-9(11(15-8)20-4)12(18)17(3)13(19)16(10)2/h5-7H2,1-4H3. The molecule has 2 heterocycles. The highest BCUT2D eigenvalue weighted by Gasteiger charge is 2.16. The number of hydrogen-bond donors (Lipinski definition) is 0. The average Bonchev–Trinajstić information content (AvgIpc) is 2.47. The van der Waals surface area contributed by atoms with Crippen molar-refractivity contribution in [1.29, 1.82) is 0 Å². The molecule has 0 saturated heterocycles. The molecule has 0 bridgehead atoms. The lowest BCUT2D eigenvalue weighted by Crippen LogP contribution is -2.37. The summed E-state index contributed by atoms with van der Waals surface area (Å²) in [6.07, 6.45) is 4.66. The van der Waals surface area contributed by atoms with E-state index in [4.69, 9.17) is 0 Å². The quantitative estimate of drug-likeness (QED) is 0.623. The van der Waals surface area contributed by atoms with E-state index in [1.165, 1.54) is 23.4 Å². The molecule has 6 nitrogen and oxygen atoms in total. The molecule has 0 aliphatic rings. The Labute approximate surface area is 120 Å². The Morgan fingerprint density at radius 3 is 2.45 bits per heavy atom. The molecule has 0 fully saturated rings. The van der Waals surface area contributed by atoms with Crippen molar-refractivity contribution >= 4 is 22.8 Å². The highest BCUT2D eigenvalue weighted by atomic mass is 32.2. The first-order valence-corrected chi connectivity index (χ1v) is 7.74. The fourth-order valence-electron chi connectivity index (χ4n) is 2.07. The van der Waals surface area contributed by atoms with E-state index >= 15 is 0 Å². The maximum absolute atomic E-state index is 12.3. The zero-order valence-electron chi connectivity index (χ0n) is 12.1. The van der Waals surface area contributed by atoms with E-state index < -0.39 is 0 Å². The average molecular weight is 294 g/mol. The maximum atomic E-state index is 12.3. The van der Waals surface area contributed by atoms with E-state index in [0.717, 1.165) is 23.8 Å². The van der Waals surface area contributed by atoms with E-state index in [9.17, 15) is 9.59 Å². The zero-order valence-corrected chi connectivity index (χ0v) is 13.0. The van der Waals surface area contributed by atoms with Gasteiger partial charge in [-0.3, -0.25) is 13.9 Å². The molecule has 0 aliphatic heterocycles. The molecule has 2 aromatic rings. The molecule has 0 aliphatic carbocycles. The molecule has 2 rings (SSSR count). The fourth-order valence-corrected chi connectivity index (χ4v) is 2.65. The summed E-state index contributed by atoms with van der Waals surface area (Å²) in [4.78, 5) is 33.1. The van der Waals surface area contributed by atoms with Crippen LogP contribution < -0.4 is 11.2 Å². The molecule has 0 saturated carbocycles. The molecule has 20 heavy (non-hydrogen) atoms. The van der Waals surface area contributed by atoms with Crippen LogP contribution in [0.15, 0.2) is 14.6 Å². The monoisotopic (exact) mass is 294 g/mol. The molecular weight excluding hydrogens is 276 g/mol. The smallest absolute Gasteiger partial charge is 0.280 e. The van der Waals surface area contributed by atoms with Gasteiger partial charge in [0.25, 0.3) is 5.56 Å². The van der Waals surface area contributed by atoms with Crippen LogP contribution in [0.2, 0.25) is 0 Å². The van der Waals surface area contributed by atoms with Crippen molar-refractivity contribution in [3.8, 4) is 0 Å². The van der Waals surface area contributed by atoms with Gasteiger partial charge < -0.3 is 0 Å². The second-order valence-electron chi connectivity index (χ2n) is 4.66. The third kappa shape index (κ3) is 2.37. The van der Waals surface area contributed by atoms with Gasteiger partial charge in [0.15, 0.2) is 5.65 Å². The third-order valence-electron chi connectivity index (χ3n) is 3.26. The second kappa shape index (κ2) is 5.78. The maximum Gasteiger partial charge on any atom is 0.332 e. The molecule has 7 heteroatoms. The first-order valence-electron chi connectivity index (χ1n) is 6.51. The highest BCUT2D eigenvalue weighted by molar-refractivity contribution is 7.98. The Morgan fingerprint density at radius 2 is 1.85 bits per heavy atom. The predicted molar refractivity (Wildman–Crippen MR) is 80.4 cm³/mol. The normalized spacial score (nSPS) is 11.2. The van der Waals surface area contributed by atoms with Gasteiger partial charge in [-0.05, 0) is 12.7 Å². The second-order valence-corrected chi connectivity index (χ2v) is 5.45. The summed E-state index contributed by atoms with van der Waals surface area (Å²) in [6, 6.07) is 0. The number of hydrogen-bond acceptors (Lipinski definition) is 5. The fraction of sp³-hybridized carbons (Fsp3) is 0.538. The third-order valence-corrected chi connectivity index (χ3v) is 3.94. The minimum Gasteiger partial charge on any atom is -0.280 e. The van der Waals surface area contributed by atoms with Crippen LogP contribution in [0.3, 0.4) is 0 Å². The number of rotatable bonds is 4. The molecule has 0 radical (unpaired) electrons. The number of fused-ring (bicyclic) bond motifs is 1. The molecule has 0 spiro atoms. The van der Waals surface area contributed by atoms with Gasteiger partial charge in [0.05, 0.1) is 0 Å². The highest BCUT2D eigenvalue weighted by Crippen LogP contribution is 2.20. The summed E-state index contributed by atoms with van der Waals surface area (Å²) in [5.74, 6) is 0.687. The summed E-state index contributed by atoms with van der Waals surface area (Å²) < 4.78 is 2.50. The first-order chi connectivity index (χ1) is 9.51. The summed E-state index contributed by atoms with van der Waals surface area (Å²) in [5, 5.41) is 1.06. The van der Waals surface area contributed by atoms with Crippen LogP contribution in [0.5, 0.6) is 0 Å². The molecule has 108 valence electrons. The summed E-state index contributed by atoms with van der Waals surface area (Å²) in [5.41, 5.74) is -0.285. The Kier molecular flexibility index (Phi) is 4.27. The van der Waals surface area contributed by atoms with E-state index in [0.29, 0.717) is 21.9 Å². The van der Waals surface area contributed by atoms with Gasteiger partial charge in [-0.25, -0.2) is 14.8 Å². The van der Waals surface area contributed by atoms with Crippen LogP contribution in [-0.2, 0) is 20.5 Å². The van der Waals surface area contributed by atoms with Crippen LogP contribution in [0, 0.1) is 0 Å². The lowest BCUT2D eigenvalue weighted by atomic mass is 10.2. The number of thioether (sulfide) groups is 1. The van der Waals surface area contributed by atoms with Crippen molar-refractivity contribution in [2.75, 3.05) is 6.26 Å². The van der Waals surface area contributed by atoms with E-state index in [1.807, 2.05) is 6.26 Å². The molecule has 0 unspecified atom stereocenters. The summed E-state index contributed by atoms with van der Waals surface area (Å²) in [7, 11) is 3.10. The van der Waals surface area contributed by atoms with Gasteiger partial charge in [-0.15, -0.1) is 11.8 Å². The van der Waals surface area contributed by atoms with Crippen LogP contribution in [0.25, 0.3) is 11.0 Å². The lowest BCUT2D eigenvalue weighted by molar-refractivity contribution is 0.690.